The highest BCUT2D eigenvalue weighted by atomic mass is 32.1. The summed E-state index contributed by atoms with van der Waals surface area (Å²) in [6.45, 7) is 10.0. The Hall–Kier alpha value is -2.78. The van der Waals surface area contributed by atoms with Gasteiger partial charge in [-0.05, 0) is 59.4 Å². The lowest BCUT2D eigenvalue weighted by Gasteiger charge is -2.33. The fraction of sp³-hybridized carbons (Fsp3) is 0.517. The number of benzene rings is 1. The van der Waals surface area contributed by atoms with Crippen LogP contribution in [0.15, 0.2) is 35.7 Å². The normalized spacial score (nSPS) is 20.2. The molecule has 1 aromatic carbocycles. The van der Waals surface area contributed by atoms with Crippen molar-refractivity contribution in [2.45, 2.75) is 90.3 Å². The molecule has 2 amide bonds. The van der Waals surface area contributed by atoms with E-state index in [2.05, 4.69) is 17.1 Å². The summed E-state index contributed by atoms with van der Waals surface area (Å²) >= 11 is 3.13. The van der Waals surface area contributed by atoms with Crippen molar-refractivity contribution < 1.29 is 14.3 Å². The van der Waals surface area contributed by atoms with E-state index in [0.717, 1.165) is 52.5 Å². The Morgan fingerprint density at radius 2 is 1.79 bits per heavy atom. The minimum Gasteiger partial charge on any atom is -0.444 e. The van der Waals surface area contributed by atoms with Crippen molar-refractivity contribution in [1.82, 2.24) is 14.9 Å². The van der Waals surface area contributed by atoms with Gasteiger partial charge in [0, 0.05) is 23.9 Å². The van der Waals surface area contributed by atoms with Gasteiger partial charge in [-0.2, -0.15) is 0 Å². The maximum Gasteiger partial charge on any atom is 0.410 e. The second-order valence-corrected chi connectivity index (χ2v) is 13.3. The zero-order valence-corrected chi connectivity index (χ0v) is 24.4. The molecule has 1 saturated carbocycles. The fourth-order valence-corrected chi connectivity index (χ4v) is 7.41. The number of amides is 2. The third-order valence-corrected chi connectivity index (χ3v) is 9.18. The second-order valence-electron chi connectivity index (χ2n) is 11.3. The largest absolute Gasteiger partial charge is 0.444 e. The first-order chi connectivity index (χ1) is 18.1. The van der Waals surface area contributed by atoms with Gasteiger partial charge < -0.3 is 4.74 Å². The Labute approximate surface area is 232 Å². The summed E-state index contributed by atoms with van der Waals surface area (Å²) in [5, 5.41) is 3.73. The van der Waals surface area contributed by atoms with Crippen LogP contribution in [-0.2, 0) is 9.53 Å². The Bertz CT molecular complexity index is 1290. The summed E-state index contributed by atoms with van der Waals surface area (Å²) in [5.41, 5.74) is 2.31. The molecule has 202 valence electrons. The fourth-order valence-electron chi connectivity index (χ4n) is 5.56. The monoisotopic (exact) mass is 552 g/mol. The van der Waals surface area contributed by atoms with Crippen LogP contribution >= 0.6 is 22.7 Å². The Morgan fingerprint density at radius 3 is 2.42 bits per heavy atom. The molecule has 0 radical (unpaired) electrons. The molecule has 2 fully saturated rings. The first-order valence-electron chi connectivity index (χ1n) is 13.4. The Morgan fingerprint density at radius 1 is 1.08 bits per heavy atom. The van der Waals surface area contributed by atoms with E-state index in [-0.39, 0.29) is 17.9 Å². The number of anilines is 1. The molecule has 0 bridgehead atoms. The lowest BCUT2D eigenvalue weighted by Crippen LogP contribution is -2.51. The molecule has 0 N–H and O–H groups in total. The maximum atomic E-state index is 14.4. The number of aryl methyl sites for hydroxylation is 2. The lowest BCUT2D eigenvalue weighted by atomic mass is 9.96. The first kappa shape index (κ1) is 26.8. The van der Waals surface area contributed by atoms with E-state index in [1.54, 1.807) is 16.2 Å². The third kappa shape index (κ3) is 5.64. The van der Waals surface area contributed by atoms with Crippen molar-refractivity contribution in [1.29, 1.82) is 0 Å². The zero-order chi connectivity index (χ0) is 27.0. The molecule has 2 atom stereocenters. The molecule has 2 aromatic heterocycles. The van der Waals surface area contributed by atoms with Gasteiger partial charge in [0.2, 0.25) is 0 Å². The van der Waals surface area contributed by atoms with Crippen LogP contribution in [0, 0.1) is 13.8 Å². The van der Waals surface area contributed by atoms with E-state index in [1.165, 1.54) is 11.3 Å². The number of carbonyl (C=O) groups excluding carboxylic acids is 2. The predicted molar refractivity (Wildman–Crippen MR) is 153 cm³/mol. The molecule has 3 heterocycles. The second kappa shape index (κ2) is 10.8. The molecular formula is C29H36N4O3S2. The highest BCUT2D eigenvalue weighted by Gasteiger charge is 2.45. The van der Waals surface area contributed by atoms with Crippen molar-refractivity contribution in [2.75, 3.05) is 11.4 Å². The molecule has 0 spiro atoms. The van der Waals surface area contributed by atoms with Gasteiger partial charge in [-0.3, -0.25) is 14.6 Å². The highest BCUT2D eigenvalue weighted by Crippen LogP contribution is 2.39. The molecule has 1 saturated heterocycles. The van der Waals surface area contributed by atoms with Crippen molar-refractivity contribution in [3.8, 4) is 10.6 Å². The van der Waals surface area contributed by atoms with Gasteiger partial charge in [-0.1, -0.05) is 43.2 Å². The summed E-state index contributed by atoms with van der Waals surface area (Å²) in [4.78, 5) is 41.9. The van der Waals surface area contributed by atoms with Crippen molar-refractivity contribution in [2.24, 2.45) is 0 Å². The van der Waals surface area contributed by atoms with Gasteiger partial charge in [-0.25, -0.2) is 14.8 Å². The van der Waals surface area contributed by atoms with E-state index in [9.17, 15) is 9.59 Å². The minimum atomic E-state index is -0.643. The standard InChI is InChI=1S/C29H36N4O3S2/c1-18-25(38-19(2)30-18)23-17-37-27(31-23)33(22-13-9-10-14-22)26(34)24-15-21(20-11-7-6-8-12-20)16-32(24)28(35)36-29(3,4)5/h6-8,11-12,17,21-22,24H,9-10,13-16H2,1-5H3/t21-,24+/m1/s1. The average Bonchev–Trinajstić information content (AvgIpc) is 3.66. The van der Waals surface area contributed by atoms with Crippen LogP contribution in [0.25, 0.3) is 10.6 Å². The number of likely N-dealkylation sites (tertiary alicyclic amines) is 1. The molecule has 1 aliphatic carbocycles. The summed E-state index contributed by atoms with van der Waals surface area (Å²) in [6.07, 6.45) is 4.20. The van der Waals surface area contributed by atoms with Gasteiger partial charge in [0.05, 0.1) is 21.3 Å². The number of carbonyl (C=O) groups is 2. The van der Waals surface area contributed by atoms with Crippen LogP contribution in [0.5, 0.6) is 0 Å². The number of rotatable bonds is 5. The average molecular weight is 553 g/mol. The molecule has 7 nitrogen and oxygen atoms in total. The summed E-state index contributed by atoms with van der Waals surface area (Å²) in [5.74, 6) is 0.0112. The zero-order valence-electron chi connectivity index (χ0n) is 22.8. The molecule has 9 heteroatoms. The van der Waals surface area contributed by atoms with E-state index in [4.69, 9.17) is 9.72 Å². The Kier molecular flexibility index (Phi) is 7.60. The van der Waals surface area contributed by atoms with E-state index < -0.39 is 17.7 Å². The SMILES string of the molecule is Cc1nc(C)c(-c2csc(N(C(=O)[C@@H]3C[C@@H](c4ccccc4)CN3C(=O)OC(C)(C)C)C3CCCC3)n2)s1. The summed E-state index contributed by atoms with van der Waals surface area (Å²) in [7, 11) is 0. The van der Waals surface area contributed by atoms with E-state index in [0.29, 0.717) is 18.1 Å². The third-order valence-electron chi connectivity index (χ3n) is 7.25. The molecule has 5 rings (SSSR count). The number of hydrogen-bond acceptors (Lipinski definition) is 7. The van der Waals surface area contributed by atoms with Crippen LogP contribution in [0.3, 0.4) is 0 Å². The van der Waals surface area contributed by atoms with Gasteiger partial charge in [0.1, 0.15) is 11.6 Å². The molecule has 1 aliphatic heterocycles. The molecule has 3 aromatic rings. The summed E-state index contributed by atoms with van der Waals surface area (Å²) < 4.78 is 5.77. The van der Waals surface area contributed by atoms with Crippen LogP contribution < -0.4 is 4.90 Å². The van der Waals surface area contributed by atoms with Crippen molar-refractivity contribution in [3.05, 3.63) is 52.0 Å². The van der Waals surface area contributed by atoms with Crippen LogP contribution in [-0.4, -0.2) is 51.1 Å². The van der Waals surface area contributed by atoms with Crippen LogP contribution in [0.4, 0.5) is 9.93 Å². The lowest BCUT2D eigenvalue weighted by molar-refractivity contribution is -0.123. The minimum absolute atomic E-state index is 0.0562. The topological polar surface area (TPSA) is 75.6 Å². The predicted octanol–water partition coefficient (Wildman–Crippen LogP) is 6.95. The molecule has 0 unspecified atom stereocenters. The summed E-state index contributed by atoms with van der Waals surface area (Å²) in [6, 6.07) is 9.64. The van der Waals surface area contributed by atoms with Gasteiger partial charge in [0.25, 0.3) is 5.91 Å². The van der Waals surface area contributed by atoms with Crippen LogP contribution in [0.1, 0.15) is 75.1 Å². The van der Waals surface area contributed by atoms with Crippen molar-refractivity contribution >= 4 is 39.8 Å². The molecule has 38 heavy (non-hydrogen) atoms. The maximum absolute atomic E-state index is 14.4. The molecule has 2 aliphatic rings. The van der Waals surface area contributed by atoms with E-state index in [1.807, 2.05) is 63.1 Å². The number of ether oxygens (including phenoxy) is 1. The smallest absolute Gasteiger partial charge is 0.410 e. The molecular weight excluding hydrogens is 516 g/mol. The van der Waals surface area contributed by atoms with E-state index >= 15 is 0 Å². The number of hydrogen-bond donors (Lipinski definition) is 0. The Balaban J connectivity index is 1.48. The highest BCUT2D eigenvalue weighted by molar-refractivity contribution is 7.17. The number of thiazole rings is 2. The first-order valence-corrected chi connectivity index (χ1v) is 15.1. The van der Waals surface area contributed by atoms with Crippen LogP contribution in [0.2, 0.25) is 0 Å². The van der Waals surface area contributed by atoms with Gasteiger partial charge in [0.15, 0.2) is 5.13 Å². The van der Waals surface area contributed by atoms with Crippen molar-refractivity contribution in [3.63, 3.8) is 0 Å². The quantitative estimate of drug-likeness (QED) is 0.342. The number of nitrogens with zero attached hydrogens (tertiary/aromatic N) is 4. The number of aromatic nitrogens is 2. The van der Waals surface area contributed by atoms with Gasteiger partial charge in [-0.15, -0.1) is 22.7 Å². The van der Waals surface area contributed by atoms with Gasteiger partial charge >= 0.3 is 6.09 Å².